The Hall–Kier alpha value is -4.06. The van der Waals surface area contributed by atoms with Gasteiger partial charge in [0.1, 0.15) is 29.8 Å². The van der Waals surface area contributed by atoms with E-state index >= 15 is 4.39 Å². The summed E-state index contributed by atoms with van der Waals surface area (Å²) in [5.41, 5.74) is 11.1. The summed E-state index contributed by atoms with van der Waals surface area (Å²) in [6.45, 7) is 4.45. The topological polar surface area (TPSA) is 90.3 Å². The first-order valence-corrected chi connectivity index (χ1v) is 16.7. The molecule has 3 fully saturated rings. The van der Waals surface area contributed by atoms with E-state index in [2.05, 4.69) is 14.9 Å². The van der Waals surface area contributed by atoms with Gasteiger partial charge < -0.3 is 16.2 Å². The third-order valence-electron chi connectivity index (χ3n) is 11.8. The predicted octanol–water partition coefficient (Wildman–Crippen LogP) is 8.40. The summed E-state index contributed by atoms with van der Waals surface area (Å²) in [5, 5.41) is 0.776. The Labute approximate surface area is 279 Å². The van der Waals surface area contributed by atoms with Crippen molar-refractivity contribution >= 4 is 22.4 Å². The molecule has 2 aromatic carbocycles. The first-order chi connectivity index (χ1) is 23.1. The van der Waals surface area contributed by atoms with E-state index in [1.807, 2.05) is 25.1 Å². The highest BCUT2D eigenvalue weighted by atomic mass is 19.4. The van der Waals surface area contributed by atoms with Gasteiger partial charge in [-0.1, -0.05) is 13.0 Å². The first-order valence-electron chi connectivity index (χ1n) is 16.7. The Balaban J connectivity index is 1.28. The highest BCUT2D eigenvalue weighted by molar-refractivity contribution is 5.96. The van der Waals surface area contributed by atoms with E-state index in [1.165, 1.54) is 13.0 Å². The van der Waals surface area contributed by atoms with Gasteiger partial charge in [0.25, 0.3) is 5.92 Å². The average molecular weight is 682 g/mol. The minimum Gasteiger partial charge on any atom is -0.492 e. The number of alkyl halides is 5. The molecule has 2 aliphatic heterocycles. The van der Waals surface area contributed by atoms with Crippen molar-refractivity contribution in [3.8, 4) is 16.9 Å². The van der Waals surface area contributed by atoms with Gasteiger partial charge in [0, 0.05) is 42.2 Å². The molecule has 4 aliphatic rings. The molecule has 12 heteroatoms. The molecule has 4 atom stereocenters. The van der Waals surface area contributed by atoms with Crippen LogP contribution in [0.25, 0.3) is 21.9 Å². The van der Waals surface area contributed by atoms with Gasteiger partial charge in [0.15, 0.2) is 0 Å². The molecule has 4 aromatic rings. The van der Waals surface area contributed by atoms with Crippen molar-refractivity contribution < 1.29 is 31.1 Å². The maximum atomic E-state index is 17.0. The van der Waals surface area contributed by atoms with Crippen LogP contribution in [0.2, 0.25) is 0 Å². The van der Waals surface area contributed by atoms with E-state index in [9.17, 15) is 22.0 Å². The Morgan fingerprint density at radius 1 is 1.10 bits per heavy atom. The Morgan fingerprint density at radius 2 is 1.88 bits per heavy atom. The van der Waals surface area contributed by atoms with Crippen LogP contribution in [0.5, 0.6) is 5.75 Å². The fraction of sp³-hybridized carbons (Fsp3) is 0.459. The van der Waals surface area contributed by atoms with Crippen LogP contribution in [0.15, 0.2) is 42.6 Å². The van der Waals surface area contributed by atoms with Gasteiger partial charge in [0.2, 0.25) is 0 Å². The van der Waals surface area contributed by atoms with Crippen molar-refractivity contribution in [2.75, 3.05) is 31.2 Å². The number of nitrogens with zero attached hydrogens (tertiary/aromatic N) is 3. The number of halogens is 6. The third-order valence-corrected chi connectivity index (χ3v) is 11.8. The number of pyridine rings is 2. The van der Waals surface area contributed by atoms with E-state index in [1.54, 1.807) is 12.3 Å². The van der Waals surface area contributed by atoms with Gasteiger partial charge in [-0.05, 0) is 103 Å². The smallest absolute Gasteiger partial charge is 0.418 e. The number of ether oxygens (including phenoxy) is 1. The van der Waals surface area contributed by atoms with E-state index in [0.717, 1.165) is 29.2 Å². The molecule has 4 heterocycles. The highest BCUT2D eigenvalue weighted by Gasteiger charge is 2.78. The van der Waals surface area contributed by atoms with Crippen molar-refractivity contribution in [2.45, 2.75) is 81.8 Å². The molecule has 0 bridgehead atoms. The molecule has 8 rings (SSSR count). The Kier molecular flexibility index (Phi) is 7.04. The average Bonchev–Trinajstić information content (AvgIpc) is 3.56. The van der Waals surface area contributed by atoms with Crippen LogP contribution < -0.4 is 16.2 Å². The molecule has 258 valence electrons. The van der Waals surface area contributed by atoms with E-state index < -0.39 is 34.4 Å². The number of aryl methyl sites for hydroxylation is 2. The Morgan fingerprint density at radius 3 is 2.55 bits per heavy atom. The van der Waals surface area contributed by atoms with Crippen LogP contribution in [-0.4, -0.2) is 46.0 Å². The molecule has 2 aromatic heterocycles. The van der Waals surface area contributed by atoms with E-state index in [0.29, 0.717) is 55.7 Å². The number of nitrogens with two attached hydrogens (primary N) is 2. The number of nitrogen functional groups attached to an aromatic ring is 2. The fourth-order valence-corrected chi connectivity index (χ4v) is 9.14. The predicted molar refractivity (Wildman–Crippen MR) is 175 cm³/mol. The quantitative estimate of drug-likeness (QED) is 0.199. The number of hydrogen-bond acceptors (Lipinski definition) is 6. The third kappa shape index (κ3) is 4.95. The first kappa shape index (κ1) is 32.2. The molecule has 0 radical (unpaired) electrons. The van der Waals surface area contributed by atoms with Gasteiger partial charge in [-0.3, -0.25) is 4.90 Å². The van der Waals surface area contributed by atoms with Crippen LogP contribution in [0.4, 0.5) is 38.0 Å². The fourth-order valence-electron chi connectivity index (χ4n) is 9.14. The molecular weight excluding hydrogens is 644 g/mol. The molecular formula is C37H37F6N5O. The minimum atomic E-state index is -4.80. The summed E-state index contributed by atoms with van der Waals surface area (Å²) in [5.74, 6) is -3.19. The minimum absolute atomic E-state index is 0.120. The Bertz CT molecular complexity index is 2020. The second-order valence-electron chi connectivity index (χ2n) is 14.7. The zero-order valence-electron chi connectivity index (χ0n) is 27.2. The van der Waals surface area contributed by atoms with Gasteiger partial charge in [-0.25, -0.2) is 23.1 Å². The molecule has 2 saturated heterocycles. The number of aromatic nitrogens is 2. The maximum Gasteiger partial charge on any atom is 0.418 e. The number of anilines is 2. The molecule has 1 saturated carbocycles. The largest absolute Gasteiger partial charge is 0.492 e. The van der Waals surface area contributed by atoms with Crippen molar-refractivity contribution in [3.63, 3.8) is 0 Å². The molecule has 1 unspecified atom stereocenters. The van der Waals surface area contributed by atoms with Crippen molar-refractivity contribution in [1.29, 1.82) is 0 Å². The molecule has 49 heavy (non-hydrogen) atoms. The van der Waals surface area contributed by atoms with Gasteiger partial charge >= 0.3 is 6.18 Å². The second kappa shape index (κ2) is 10.7. The normalized spacial score (nSPS) is 26.3. The molecule has 0 amide bonds. The number of benzene rings is 2. The monoisotopic (exact) mass is 681 g/mol. The van der Waals surface area contributed by atoms with Gasteiger partial charge in [0.05, 0.1) is 22.2 Å². The molecule has 6 nitrogen and oxygen atoms in total. The van der Waals surface area contributed by atoms with Crippen LogP contribution >= 0.6 is 0 Å². The summed E-state index contributed by atoms with van der Waals surface area (Å²) >= 11 is 0. The lowest BCUT2D eigenvalue weighted by Crippen LogP contribution is -2.58. The summed E-state index contributed by atoms with van der Waals surface area (Å²) in [6, 6.07) is 9.78. The molecule has 1 spiro atoms. The summed E-state index contributed by atoms with van der Waals surface area (Å²) in [4.78, 5) is 10.2. The van der Waals surface area contributed by atoms with Crippen molar-refractivity contribution in [3.05, 3.63) is 76.4 Å². The number of hydrogen-bond donors (Lipinski definition) is 2. The lowest BCUT2D eigenvalue weighted by atomic mass is 9.79. The zero-order valence-corrected chi connectivity index (χ0v) is 27.2. The zero-order chi connectivity index (χ0) is 34.7. The number of rotatable bonds is 6. The lowest BCUT2D eigenvalue weighted by Gasteiger charge is -2.47. The van der Waals surface area contributed by atoms with E-state index in [4.69, 9.17) is 16.2 Å². The van der Waals surface area contributed by atoms with Gasteiger partial charge in [-0.2, -0.15) is 13.2 Å². The van der Waals surface area contributed by atoms with Crippen molar-refractivity contribution in [1.82, 2.24) is 14.9 Å². The number of fused-ring (bicyclic) bond motifs is 1. The van der Waals surface area contributed by atoms with Gasteiger partial charge in [-0.15, -0.1) is 0 Å². The second-order valence-corrected chi connectivity index (χ2v) is 14.7. The summed E-state index contributed by atoms with van der Waals surface area (Å²) in [7, 11) is 0. The molecule has 2 aliphatic carbocycles. The standard InChI is InChI=1S/C37H37F6N5O/c1-19(24-7-4-9-46-33(24)45)23-6-3-5-21-11-27(26-14-29(44)47-20(2)31(26)37(41,42)43)32(38)28-13-22(12-25(23)30(21)28)49-18-35-8-10-48(35)17-34(15-35)16-36(34,39)40/h4,7,9,11-14,19,23H,3,5-6,8,10,15-18H2,1-2H3,(H2,44,47)(H2,45,46)/t19-,23?,34-,35+/m1/s1. The highest BCUT2D eigenvalue weighted by Crippen LogP contribution is 2.70. The SMILES string of the molecule is Cc1nc(N)cc(-c2cc3c4c(cc(OC[C@@]56CCN5C[C@]5(CC5(F)F)C6)cc4c2F)C([C@@H](C)c2cccnc2N)CCC3)c1C(F)(F)F. The van der Waals surface area contributed by atoms with Crippen LogP contribution in [0.1, 0.15) is 78.8 Å². The van der Waals surface area contributed by atoms with E-state index in [-0.39, 0.29) is 52.9 Å². The summed E-state index contributed by atoms with van der Waals surface area (Å²) in [6.07, 6.45) is -0.351. The lowest BCUT2D eigenvalue weighted by molar-refractivity contribution is -0.137. The van der Waals surface area contributed by atoms with Crippen LogP contribution in [-0.2, 0) is 12.6 Å². The summed E-state index contributed by atoms with van der Waals surface area (Å²) < 4.78 is 95.6. The van der Waals surface area contributed by atoms with Crippen molar-refractivity contribution in [2.24, 2.45) is 5.41 Å². The molecule has 4 N–H and O–H groups in total. The van der Waals surface area contributed by atoms with Crippen LogP contribution in [0, 0.1) is 18.2 Å². The maximum absolute atomic E-state index is 17.0. The van der Waals surface area contributed by atoms with Crippen LogP contribution in [0.3, 0.4) is 0 Å².